The molecule has 0 bridgehead atoms. The predicted octanol–water partition coefficient (Wildman–Crippen LogP) is 0.787. The first kappa shape index (κ1) is 16.4. The number of nitrogens with two attached hydrogens (primary N) is 1. The normalized spacial score (nSPS) is 18.9. The minimum atomic E-state index is -0.434. The first-order chi connectivity index (χ1) is 10.4. The first-order valence-corrected chi connectivity index (χ1v) is 7.63. The third-order valence-corrected chi connectivity index (χ3v) is 3.72. The number of piperidine rings is 1. The number of amides is 2. The Morgan fingerprint density at radius 1 is 1.41 bits per heavy atom. The number of nitrogens with one attached hydrogen (secondary N) is 1. The minimum absolute atomic E-state index is 0.0225. The second-order valence-corrected chi connectivity index (χ2v) is 6.53. The fourth-order valence-corrected chi connectivity index (χ4v) is 2.51. The van der Waals surface area contributed by atoms with Crippen molar-refractivity contribution < 1.29 is 9.59 Å². The van der Waals surface area contributed by atoms with Gasteiger partial charge in [0.05, 0.1) is 5.92 Å². The van der Waals surface area contributed by atoms with Gasteiger partial charge in [0.1, 0.15) is 0 Å². The van der Waals surface area contributed by atoms with Crippen LogP contribution in [0.25, 0.3) is 0 Å². The fraction of sp³-hybridized carbons (Fsp3) is 0.562. The maximum atomic E-state index is 12.4. The van der Waals surface area contributed by atoms with Gasteiger partial charge in [-0.3, -0.25) is 14.6 Å². The Labute approximate surface area is 131 Å². The van der Waals surface area contributed by atoms with Gasteiger partial charge in [0.2, 0.25) is 5.91 Å². The quantitative estimate of drug-likeness (QED) is 0.860. The number of rotatable bonds is 4. The summed E-state index contributed by atoms with van der Waals surface area (Å²) in [4.78, 5) is 30.3. The monoisotopic (exact) mass is 304 g/mol. The van der Waals surface area contributed by atoms with Gasteiger partial charge in [-0.2, -0.15) is 0 Å². The summed E-state index contributed by atoms with van der Waals surface area (Å²) < 4.78 is 0. The summed E-state index contributed by atoms with van der Waals surface area (Å²) >= 11 is 0. The van der Waals surface area contributed by atoms with Crippen LogP contribution in [0.5, 0.6) is 0 Å². The van der Waals surface area contributed by atoms with Crippen LogP contribution < -0.4 is 11.1 Å². The van der Waals surface area contributed by atoms with E-state index in [-0.39, 0.29) is 17.7 Å². The van der Waals surface area contributed by atoms with Crippen molar-refractivity contribution in [1.82, 2.24) is 15.2 Å². The van der Waals surface area contributed by atoms with Gasteiger partial charge in [0.15, 0.2) is 0 Å². The third-order valence-electron chi connectivity index (χ3n) is 3.72. The van der Waals surface area contributed by atoms with Crippen molar-refractivity contribution in [2.75, 3.05) is 19.6 Å². The Balaban J connectivity index is 1.94. The van der Waals surface area contributed by atoms with Gasteiger partial charge in [-0.1, -0.05) is 0 Å². The lowest BCUT2D eigenvalue weighted by molar-refractivity contribution is -0.126. The average molecular weight is 304 g/mol. The van der Waals surface area contributed by atoms with E-state index in [2.05, 4.69) is 10.3 Å². The average Bonchev–Trinajstić information content (AvgIpc) is 2.52. The number of pyridine rings is 1. The maximum absolute atomic E-state index is 12.4. The molecule has 22 heavy (non-hydrogen) atoms. The fourth-order valence-electron chi connectivity index (χ4n) is 2.51. The number of hydrogen-bond donors (Lipinski definition) is 2. The highest BCUT2D eigenvalue weighted by molar-refractivity contribution is 5.94. The zero-order chi connectivity index (χ0) is 16.2. The van der Waals surface area contributed by atoms with Gasteiger partial charge in [-0.05, 0) is 38.8 Å². The maximum Gasteiger partial charge on any atom is 0.253 e. The largest absolute Gasteiger partial charge is 0.354 e. The molecule has 3 N–H and O–H groups in total. The number of likely N-dealkylation sites (tertiary alicyclic amines) is 1. The molecule has 0 radical (unpaired) electrons. The van der Waals surface area contributed by atoms with Crippen LogP contribution in [0.2, 0.25) is 0 Å². The first-order valence-electron chi connectivity index (χ1n) is 7.63. The summed E-state index contributed by atoms with van der Waals surface area (Å²) in [6.45, 7) is 5.31. The summed E-state index contributed by atoms with van der Waals surface area (Å²) in [5, 5.41) is 2.88. The van der Waals surface area contributed by atoms with E-state index in [1.165, 1.54) is 0 Å². The topological polar surface area (TPSA) is 88.3 Å². The van der Waals surface area contributed by atoms with Gasteiger partial charge in [-0.25, -0.2) is 0 Å². The summed E-state index contributed by atoms with van der Waals surface area (Å²) in [6, 6.07) is 3.39. The Kier molecular flexibility index (Phi) is 5.13. The van der Waals surface area contributed by atoms with Gasteiger partial charge in [0.25, 0.3) is 5.91 Å². The minimum Gasteiger partial charge on any atom is -0.354 e. The van der Waals surface area contributed by atoms with Crippen molar-refractivity contribution in [3.63, 3.8) is 0 Å². The van der Waals surface area contributed by atoms with E-state index in [1.54, 1.807) is 29.4 Å². The van der Waals surface area contributed by atoms with Crippen molar-refractivity contribution in [3.8, 4) is 0 Å². The van der Waals surface area contributed by atoms with E-state index in [0.29, 0.717) is 25.2 Å². The number of nitrogens with zero attached hydrogens (tertiary/aromatic N) is 2. The molecule has 1 atom stereocenters. The molecule has 0 saturated carbocycles. The number of aromatic nitrogens is 1. The highest BCUT2D eigenvalue weighted by Crippen LogP contribution is 2.18. The van der Waals surface area contributed by atoms with Gasteiger partial charge < -0.3 is 16.0 Å². The third kappa shape index (κ3) is 4.53. The Morgan fingerprint density at radius 2 is 2.09 bits per heavy atom. The second kappa shape index (κ2) is 6.87. The summed E-state index contributed by atoms with van der Waals surface area (Å²) in [7, 11) is 0. The Hall–Kier alpha value is -1.95. The SMILES string of the molecule is CC(C)(N)CNC(=O)C1CCCN(C(=O)c2ccncc2)C1. The van der Waals surface area contributed by atoms with Crippen LogP contribution in [0, 0.1) is 5.92 Å². The molecule has 1 aromatic rings. The molecule has 1 aromatic heterocycles. The highest BCUT2D eigenvalue weighted by atomic mass is 16.2. The molecule has 120 valence electrons. The van der Waals surface area contributed by atoms with Crippen molar-refractivity contribution in [2.24, 2.45) is 11.7 Å². The van der Waals surface area contributed by atoms with Crippen LogP contribution in [-0.4, -0.2) is 46.9 Å². The molecule has 1 aliphatic heterocycles. The molecule has 1 fully saturated rings. The molecule has 0 aliphatic carbocycles. The predicted molar refractivity (Wildman–Crippen MR) is 84.1 cm³/mol. The molecular formula is C16H24N4O2. The summed E-state index contributed by atoms with van der Waals surface area (Å²) in [6.07, 6.45) is 4.84. The van der Waals surface area contributed by atoms with Crippen molar-refractivity contribution in [2.45, 2.75) is 32.2 Å². The lowest BCUT2D eigenvalue weighted by Gasteiger charge is -2.32. The van der Waals surface area contributed by atoms with E-state index in [0.717, 1.165) is 12.8 Å². The smallest absolute Gasteiger partial charge is 0.253 e. The van der Waals surface area contributed by atoms with E-state index in [9.17, 15) is 9.59 Å². The number of carbonyl (C=O) groups is 2. The summed E-state index contributed by atoms with van der Waals surface area (Å²) in [5.74, 6) is -0.230. The van der Waals surface area contributed by atoms with Crippen LogP contribution in [0.4, 0.5) is 0 Å². The summed E-state index contributed by atoms with van der Waals surface area (Å²) in [5.41, 5.74) is 6.06. The second-order valence-electron chi connectivity index (χ2n) is 6.53. The van der Waals surface area contributed by atoms with Gasteiger partial charge >= 0.3 is 0 Å². The molecule has 6 nitrogen and oxygen atoms in total. The molecule has 1 unspecified atom stereocenters. The standard InChI is InChI=1S/C16H24N4O2/c1-16(2,17)11-19-14(21)13-4-3-9-20(10-13)15(22)12-5-7-18-8-6-12/h5-8,13H,3-4,9-11,17H2,1-2H3,(H,19,21). The van der Waals surface area contributed by atoms with E-state index in [1.807, 2.05) is 13.8 Å². The molecule has 0 spiro atoms. The lowest BCUT2D eigenvalue weighted by Crippen LogP contribution is -2.50. The molecule has 0 aromatic carbocycles. The molecule has 2 rings (SSSR count). The van der Waals surface area contributed by atoms with Gasteiger partial charge in [0, 0.05) is 43.1 Å². The van der Waals surface area contributed by atoms with E-state index in [4.69, 9.17) is 5.73 Å². The zero-order valence-electron chi connectivity index (χ0n) is 13.2. The van der Waals surface area contributed by atoms with E-state index >= 15 is 0 Å². The van der Waals surface area contributed by atoms with Crippen molar-refractivity contribution in [3.05, 3.63) is 30.1 Å². The van der Waals surface area contributed by atoms with Crippen molar-refractivity contribution in [1.29, 1.82) is 0 Å². The highest BCUT2D eigenvalue weighted by Gasteiger charge is 2.29. The Morgan fingerprint density at radius 3 is 2.73 bits per heavy atom. The molecule has 6 heteroatoms. The van der Waals surface area contributed by atoms with Crippen LogP contribution >= 0.6 is 0 Å². The Bertz CT molecular complexity index is 525. The molecule has 2 heterocycles. The van der Waals surface area contributed by atoms with Crippen LogP contribution in [-0.2, 0) is 4.79 Å². The van der Waals surface area contributed by atoms with Crippen LogP contribution in [0.1, 0.15) is 37.0 Å². The molecule has 2 amide bonds. The van der Waals surface area contributed by atoms with Crippen LogP contribution in [0.3, 0.4) is 0 Å². The molecule has 1 saturated heterocycles. The zero-order valence-corrected chi connectivity index (χ0v) is 13.2. The van der Waals surface area contributed by atoms with Crippen LogP contribution in [0.15, 0.2) is 24.5 Å². The van der Waals surface area contributed by atoms with Crippen molar-refractivity contribution >= 4 is 11.8 Å². The lowest BCUT2D eigenvalue weighted by atomic mass is 9.96. The number of hydrogen-bond acceptors (Lipinski definition) is 4. The molecule has 1 aliphatic rings. The van der Waals surface area contributed by atoms with E-state index < -0.39 is 5.54 Å². The number of carbonyl (C=O) groups excluding carboxylic acids is 2. The van der Waals surface area contributed by atoms with Gasteiger partial charge in [-0.15, -0.1) is 0 Å². The molecular weight excluding hydrogens is 280 g/mol.